The van der Waals surface area contributed by atoms with Crippen molar-refractivity contribution in [2.45, 2.75) is 19.4 Å². The van der Waals surface area contributed by atoms with Crippen LogP contribution in [0.25, 0.3) is 0 Å². The number of hydrogen-bond acceptors (Lipinski definition) is 2. The normalized spacial score (nSPS) is 12.6. The molecule has 1 aromatic carbocycles. The molecule has 0 fully saturated rings. The zero-order valence-corrected chi connectivity index (χ0v) is 11.8. The number of aromatic nitrogens is 2. The standard InChI is InChI=1S/C14H17ClFN3/c1-3-8-17-14(12-7-9-18-19(12)2)13-10(15)5-4-6-11(13)16/h4-7,9,14,17H,3,8H2,1-2H3. The Balaban J connectivity index is 2.46. The maximum Gasteiger partial charge on any atom is 0.129 e. The van der Waals surface area contributed by atoms with Crippen LogP contribution in [0.4, 0.5) is 4.39 Å². The second-order valence-corrected chi connectivity index (χ2v) is 4.81. The monoisotopic (exact) mass is 281 g/mol. The molecular weight excluding hydrogens is 265 g/mol. The number of hydrogen-bond donors (Lipinski definition) is 1. The third-order valence-corrected chi connectivity index (χ3v) is 3.37. The van der Waals surface area contributed by atoms with E-state index < -0.39 is 0 Å². The first kappa shape index (κ1) is 14.0. The molecule has 0 aliphatic rings. The molecule has 1 atom stereocenters. The number of nitrogens with one attached hydrogen (secondary N) is 1. The van der Waals surface area contributed by atoms with Gasteiger partial charge in [-0.1, -0.05) is 24.6 Å². The molecule has 19 heavy (non-hydrogen) atoms. The summed E-state index contributed by atoms with van der Waals surface area (Å²) in [5, 5.41) is 7.89. The van der Waals surface area contributed by atoms with Gasteiger partial charge in [0, 0.05) is 23.8 Å². The third-order valence-electron chi connectivity index (χ3n) is 3.04. The van der Waals surface area contributed by atoms with Crippen molar-refractivity contribution in [1.29, 1.82) is 0 Å². The van der Waals surface area contributed by atoms with Gasteiger partial charge in [0.2, 0.25) is 0 Å². The molecule has 0 aliphatic heterocycles. The Morgan fingerprint density at radius 2 is 2.21 bits per heavy atom. The fourth-order valence-electron chi connectivity index (χ4n) is 2.10. The van der Waals surface area contributed by atoms with Crippen LogP contribution in [0.5, 0.6) is 0 Å². The Labute approximate surface area is 117 Å². The topological polar surface area (TPSA) is 29.9 Å². The van der Waals surface area contributed by atoms with E-state index in [2.05, 4.69) is 17.3 Å². The molecular formula is C14H17ClFN3. The minimum absolute atomic E-state index is 0.291. The average Bonchev–Trinajstić information content (AvgIpc) is 2.79. The molecule has 0 spiro atoms. The fraction of sp³-hybridized carbons (Fsp3) is 0.357. The van der Waals surface area contributed by atoms with E-state index in [1.165, 1.54) is 6.07 Å². The van der Waals surface area contributed by atoms with Gasteiger partial charge in [0.15, 0.2) is 0 Å². The van der Waals surface area contributed by atoms with Crippen molar-refractivity contribution >= 4 is 11.6 Å². The summed E-state index contributed by atoms with van der Waals surface area (Å²) in [5.74, 6) is -0.303. The van der Waals surface area contributed by atoms with Crippen LogP contribution in [0.15, 0.2) is 30.5 Å². The summed E-state index contributed by atoms with van der Waals surface area (Å²) in [6, 6.07) is 6.33. The maximum atomic E-state index is 14.1. The van der Waals surface area contributed by atoms with Crippen LogP contribution in [0, 0.1) is 5.82 Å². The van der Waals surface area contributed by atoms with Crippen molar-refractivity contribution in [3.63, 3.8) is 0 Å². The largest absolute Gasteiger partial charge is 0.305 e. The molecule has 0 amide bonds. The lowest BCUT2D eigenvalue weighted by Gasteiger charge is -2.21. The Hall–Kier alpha value is -1.39. The minimum Gasteiger partial charge on any atom is -0.305 e. The van der Waals surface area contributed by atoms with E-state index in [4.69, 9.17) is 11.6 Å². The predicted octanol–water partition coefficient (Wildman–Crippen LogP) is 3.30. The van der Waals surface area contributed by atoms with Gasteiger partial charge in [-0.05, 0) is 31.2 Å². The van der Waals surface area contributed by atoms with Crippen LogP contribution in [0.2, 0.25) is 5.02 Å². The lowest BCUT2D eigenvalue weighted by molar-refractivity contribution is 0.520. The lowest BCUT2D eigenvalue weighted by atomic mass is 10.0. The number of nitrogens with zero attached hydrogens (tertiary/aromatic N) is 2. The summed E-state index contributed by atoms with van der Waals surface area (Å²) in [7, 11) is 1.84. The molecule has 1 aromatic heterocycles. The van der Waals surface area contributed by atoms with E-state index in [0.717, 1.165) is 18.7 Å². The van der Waals surface area contributed by atoms with Crippen molar-refractivity contribution in [3.8, 4) is 0 Å². The zero-order chi connectivity index (χ0) is 13.8. The van der Waals surface area contributed by atoms with Gasteiger partial charge in [-0.3, -0.25) is 4.68 Å². The quantitative estimate of drug-likeness (QED) is 0.911. The Morgan fingerprint density at radius 3 is 2.79 bits per heavy atom. The van der Waals surface area contributed by atoms with E-state index >= 15 is 0 Å². The van der Waals surface area contributed by atoms with Crippen molar-refractivity contribution in [1.82, 2.24) is 15.1 Å². The first-order valence-electron chi connectivity index (χ1n) is 6.30. The van der Waals surface area contributed by atoms with E-state index in [1.54, 1.807) is 23.0 Å². The molecule has 1 N–H and O–H groups in total. The molecule has 2 aromatic rings. The number of halogens is 2. The predicted molar refractivity (Wildman–Crippen MR) is 74.8 cm³/mol. The van der Waals surface area contributed by atoms with Gasteiger partial charge in [-0.25, -0.2) is 4.39 Å². The highest BCUT2D eigenvalue weighted by Gasteiger charge is 2.22. The van der Waals surface area contributed by atoms with Gasteiger partial charge in [0.05, 0.1) is 11.7 Å². The maximum absolute atomic E-state index is 14.1. The molecule has 102 valence electrons. The van der Waals surface area contributed by atoms with Crippen LogP contribution in [0.3, 0.4) is 0 Å². The summed E-state index contributed by atoms with van der Waals surface area (Å²) in [6.07, 6.45) is 2.66. The summed E-state index contributed by atoms with van der Waals surface area (Å²) >= 11 is 6.16. The lowest BCUT2D eigenvalue weighted by Crippen LogP contribution is -2.26. The van der Waals surface area contributed by atoms with Crippen LogP contribution in [-0.4, -0.2) is 16.3 Å². The molecule has 0 radical (unpaired) electrons. The molecule has 1 unspecified atom stereocenters. The van der Waals surface area contributed by atoms with E-state index in [1.807, 2.05) is 13.1 Å². The van der Waals surface area contributed by atoms with E-state index in [9.17, 15) is 4.39 Å². The third kappa shape index (κ3) is 2.96. The highest BCUT2D eigenvalue weighted by molar-refractivity contribution is 6.31. The fourth-order valence-corrected chi connectivity index (χ4v) is 2.37. The highest BCUT2D eigenvalue weighted by Crippen LogP contribution is 2.30. The van der Waals surface area contributed by atoms with Crippen molar-refractivity contribution in [2.75, 3.05) is 6.54 Å². The first-order chi connectivity index (χ1) is 9.15. The summed E-state index contributed by atoms with van der Waals surface area (Å²) in [5.41, 5.74) is 1.36. The Bertz CT molecular complexity index is 533. The Morgan fingerprint density at radius 1 is 1.42 bits per heavy atom. The Kier molecular flexibility index (Phi) is 4.56. The number of aryl methyl sites for hydroxylation is 1. The van der Waals surface area contributed by atoms with Gasteiger partial charge >= 0.3 is 0 Å². The van der Waals surface area contributed by atoms with E-state index in [0.29, 0.717) is 10.6 Å². The van der Waals surface area contributed by atoms with E-state index in [-0.39, 0.29) is 11.9 Å². The van der Waals surface area contributed by atoms with Crippen LogP contribution in [-0.2, 0) is 7.05 Å². The molecule has 3 nitrogen and oxygen atoms in total. The van der Waals surface area contributed by atoms with Gasteiger partial charge in [-0.15, -0.1) is 0 Å². The SMILES string of the molecule is CCCNC(c1c(F)cccc1Cl)c1ccnn1C. The number of benzene rings is 1. The molecule has 0 saturated heterocycles. The zero-order valence-electron chi connectivity index (χ0n) is 11.0. The average molecular weight is 282 g/mol. The van der Waals surface area contributed by atoms with Crippen LogP contribution >= 0.6 is 11.6 Å². The molecule has 1 heterocycles. The smallest absolute Gasteiger partial charge is 0.129 e. The second kappa shape index (κ2) is 6.17. The minimum atomic E-state index is -0.303. The molecule has 0 aliphatic carbocycles. The summed E-state index contributed by atoms with van der Waals surface area (Å²) < 4.78 is 15.8. The molecule has 5 heteroatoms. The van der Waals surface area contributed by atoms with Gasteiger partial charge in [0.25, 0.3) is 0 Å². The van der Waals surface area contributed by atoms with Crippen LogP contribution < -0.4 is 5.32 Å². The molecule has 0 saturated carbocycles. The summed E-state index contributed by atoms with van der Waals surface area (Å²) in [6.45, 7) is 2.84. The van der Waals surface area contributed by atoms with Gasteiger partial charge in [0.1, 0.15) is 5.82 Å². The molecule has 0 bridgehead atoms. The first-order valence-corrected chi connectivity index (χ1v) is 6.68. The van der Waals surface area contributed by atoms with Crippen molar-refractivity contribution in [3.05, 3.63) is 52.6 Å². The van der Waals surface area contributed by atoms with Crippen molar-refractivity contribution < 1.29 is 4.39 Å². The second-order valence-electron chi connectivity index (χ2n) is 4.40. The highest BCUT2D eigenvalue weighted by atomic mass is 35.5. The van der Waals surface area contributed by atoms with Crippen LogP contribution in [0.1, 0.15) is 30.6 Å². The van der Waals surface area contributed by atoms with Crippen molar-refractivity contribution in [2.24, 2.45) is 7.05 Å². The summed E-state index contributed by atoms with van der Waals surface area (Å²) in [4.78, 5) is 0. The van der Waals surface area contributed by atoms with Gasteiger partial charge < -0.3 is 5.32 Å². The number of rotatable bonds is 5. The van der Waals surface area contributed by atoms with Gasteiger partial charge in [-0.2, -0.15) is 5.10 Å². The molecule has 2 rings (SSSR count).